The van der Waals surface area contributed by atoms with Gasteiger partial charge in [-0.15, -0.1) is 0 Å². The van der Waals surface area contributed by atoms with E-state index in [0.717, 1.165) is 22.0 Å². The van der Waals surface area contributed by atoms with Crippen molar-refractivity contribution in [3.63, 3.8) is 0 Å². The van der Waals surface area contributed by atoms with E-state index in [1.807, 2.05) is 54.6 Å². The van der Waals surface area contributed by atoms with Crippen molar-refractivity contribution in [3.05, 3.63) is 77.6 Å². The first kappa shape index (κ1) is 14.8. The number of fused-ring (bicyclic) bond motifs is 1. The summed E-state index contributed by atoms with van der Waals surface area (Å²) < 4.78 is 12.9. The number of benzene rings is 2. The first-order valence-electron chi connectivity index (χ1n) is 6.26. The predicted molar refractivity (Wildman–Crippen MR) is 74.6 cm³/mol. The van der Waals surface area contributed by atoms with E-state index in [0.29, 0.717) is 12.1 Å². The van der Waals surface area contributed by atoms with Gasteiger partial charge in [-0.2, -0.15) is 35.9 Å². The van der Waals surface area contributed by atoms with Gasteiger partial charge in [-0.1, -0.05) is 24.3 Å². The Morgan fingerprint density at radius 1 is 1.05 bits per heavy atom. The van der Waals surface area contributed by atoms with Crippen LogP contribution in [-0.4, -0.2) is 4.98 Å². The summed E-state index contributed by atoms with van der Waals surface area (Å²) in [6.07, 6.45) is 0.676. The zero-order valence-corrected chi connectivity index (χ0v) is 13.2. The maximum atomic E-state index is 12.9. The minimum Gasteiger partial charge on any atom is -0.254 e. The molecule has 0 bridgehead atoms. The summed E-state index contributed by atoms with van der Waals surface area (Å²) in [6, 6.07) is 20.8. The minimum atomic E-state index is -0.531. The van der Waals surface area contributed by atoms with E-state index in [2.05, 4.69) is 11.1 Å². The molecule has 0 spiro atoms. The van der Waals surface area contributed by atoms with Crippen molar-refractivity contribution in [1.29, 1.82) is 0 Å². The number of rotatable bonds is 3. The molecule has 1 nitrogen and oxygen atoms in total. The third-order valence-corrected chi connectivity index (χ3v) is 3.14. The molecular formula is C17H13FIrN-. The topological polar surface area (TPSA) is 12.9 Å². The molecule has 3 aromatic rings. The number of halogens is 1. The van der Waals surface area contributed by atoms with Crippen molar-refractivity contribution in [3.8, 4) is 0 Å². The van der Waals surface area contributed by atoms with Crippen LogP contribution in [0.3, 0.4) is 0 Å². The van der Waals surface area contributed by atoms with Crippen molar-refractivity contribution in [2.24, 2.45) is 0 Å². The standard InChI is InChI=1S/C17H13FN.Ir/c18-12-15-11-14-8-4-5-9-16(14)17(19-15)10-13-6-2-1-3-7-13;/h1-6,8-9,11H,10,12H2;/q-1;. The van der Waals surface area contributed by atoms with E-state index in [1.54, 1.807) is 0 Å². The first-order valence-corrected chi connectivity index (χ1v) is 6.26. The molecule has 0 saturated carbocycles. The molecule has 20 heavy (non-hydrogen) atoms. The normalized spacial score (nSPS) is 10.2. The van der Waals surface area contributed by atoms with E-state index in [9.17, 15) is 4.39 Å². The second-order valence-corrected chi connectivity index (χ2v) is 4.48. The molecule has 2 aromatic carbocycles. The fourth-order valence-corrected chi connectivity index (χ4v) is 2.26. The zero-order valence-electron chi connectivity index (χ0n) is 10.8. The van der Waals surface area contributed by atoms with Gasteiger partial charge in [-0.25, -0.2) is 4.39 Å². The third kappa shape index (κ3) is 3.12. The Labute approximate surface area is 131 Å². The number of pyridine rings is 1. The molecule has 1 aromatic heterocycles. The van der Waals surface area contributed by atoms with Gasteiger partial charge in [0.25, 0.3) is 0 Å². The fraction of sp³-hybridized carbons (Fsp3) is 0.118. The molecular weight excluding hydrogens is 429 g/mol. The van der Waals surface area contributed by atoms with E-state index in [4.69, 9.17) is 0 Å². The Morgan fingerprint density at radius 3 is 2.60 bits per heavy atom. The summed E-state index contributed by atoms with van der Waals surface area (Å²) in [5.41, 5.74) is 2.47. The van der Waals surface area contributed by atoms with Gasteiger partial charge in [0, 0.05) is 25.5 Å². The molecule has 0 aliphatic rings. The zero-order chi connectivity index (χ0) is 13.1. The molecule has 3 heteroatoms. The molecule has 0 N–H and O–H groups in total. The summed E-state index contributed by atoms with van der Waals surface area (Å²) in [7, 11) is 0. The van der Waals surface area contributed by atoms with Crippen LogP contribution < -0.4 is 0 Å². The maximum absolute atomic E-state index is 12.9. The Balaban J connectivity index is 0.00000147. The van der Waals surface area contributed by atoms with Crippen LogP contribution in [0.25, 0.3) is 10.8 Å². The number of hydrogen-bond acceptors (Lipinski definition) is 1. The van der Waals surface area contributed by atoms with Gasteiger partial charge < -0.3 is 0 Å². The van der Waals surface area contributed by atoms with Gasteiger partial charge in [-0.05, 0) is 17.9 Å². The second-order valence-electron chi connectivity index (χ2n) is 4.48. The second kappa shape index (κ2) is 6.74. The van der Waals surface area contributed by atoms with Crippen LogP contribution in [0.2, 0.25) is 0 Å². The minimum absolute atomic E-state index is 0. The molecule has 0 atom stereocenters. The van der Waals surface area contributed by atoms with Gasteiger partial charge in [0.2, 0.25) is 0 Å². The van der Waals surface area contributed by atoms with Crippen LogP contribution in [0.5, 0.6) is 0 Å². The van der Waals surface area contributed by atoms with Gasteiger partial charge >= 0.3 is 0 Å². The van der Waals surface area contributed by atoms with E-state index >= 15 is 0 Å². The molecule has 1 heterocycles. The van der Waals surface area contributed by atoms with Gasteiger partial charge in [0.1, 0.15) is 6.67 Å². The predicted octanol–water partition coefficient (Wildman–Crippen LogP) is 4.09. The first-order chi connectivity index (χ1) is 9.36. The molecule has 0 aliphatic carbocycles. The van der Waals surface area contributed by atoms with Crippen molar-refractivity contribution in [2.75, 3.05) is 0 Å². The van der Waals surface area contributed by atoms with Crippen molar-refractivity contribution < 1.29 is 24.5 Å². The molecule has 0 aliphatic heterocycles. The summed E-state index contributed by atoms with van der Waals surface area (Å²) in [5, 5.41) is 2.12. The quantitative estimate of drug-likeness (QED) is 0.557. The van der Waals surface area contributed by atoms with E-state index < -0.39 is 6.67 Å². The van der Waals surface area contributed by atoms with Crippen molar-refractivity contribution in [1.82, 2.24) is 4.98 Å². The number of aromatic nitrogens is 1. The third-order valence-electron chi connectivity index (χ3n) is 3.14. The summed E-state index contributed by atoms with van der Waals surface area (Å²) in [5.74, 6) is 0. The number of nitrogens with zero attached hydrogens (tertiary/aromatic N) is 1. The summed E-state index contributed by atoms with van der Waals surface area (Å²) >= 11 is 0. The van der Waals surface area contributed by atoms with Crippen LogP contribution >= 0.6 is 0 Å². The van der Waals surface area contributed by atoms with Gasteiger partial charge in [0.05, 0.1) is 11.4 Å². The number of hydrogen-bond donors (Lipinski definition) is 0. The largest absolute Gasteiger partial charge is 0.254 e. The van der Waals surface area contributed by atoms with Gasteiger partial charge in [-0.3, -0.25) is 4.98 Å². The maximum Gasteiger partial charge on any atom is 0.131 e. The van der Waals surface area contributed by atoms with Crippen LogP contribution in [0.15, 0.2) is 54.6 Å². The SMILES string of the molecule is FCc1cc2ccccc2c(Cc2[c-]cccc2)n1.[Ir]. The van der Waals surface area contributed by atoms with E-state index in [-0.39, 0.29) is 20.1 Å². The van der Waals surface area contributed by atoms with Crippen molar-refractivity contribution >= 4 is 10.8 Å². The monoisotopic (exact) mass is 443 g/mol. The fourth-order valence-electron chi connectivity index (χ4n) is 2.26. The van der Waals surface area contributed by atoms with Gasteiger partial charge in [0.15, 0.2) is 0 Å². The van der Waals surface area contributed by atoms with E-state index in [1.165, 1.54) is 0 Å². The molecule has 0 amide bonds. The smallest absolute Gasteiger partial charge is 0.131 e. The molecule has 3 rings (SSSR count). The Kier molecular flexibility index (Phi) is 4.99. The molecule has 0 saturated heterocycles. The molecule has 1 radical (unpaired) electrons. The van der Waals surface area contributed by atoms with Crippen LogP contribution in [-0.2, 0) is 33.2 Å². The average molecular weight is 443 g/mol. The average Bonchev–Trinajstić information content (AvgIpc) is 2.48. The summed E-state index contributed by atoms with van der Waals surface area (Å²) in [6.45, 7) is -0.531. The molecule has 0 unspecified atom stereocenters. The van der Waals surface area contributed by atoms with Crippen LogP contribution in [0.1, 0.15) is 17.0 Å². The molecule has 0 fully saturated rings. The van der Waals surface area contributed by atoms with Crippen molar-refractivity contribution in [2.45, 2.75) is 13.1 Å². The number of alkyl halides is 1. The Morgan fingerprint density at radius 2 is 1.85 bits per heavy atom. The van der Waals surface area contributed by atoms with Crippen LogP contribution in [0, 0.1) is 6.07 Å². The van der Waals surface area contributed by atoms with Crippen LogP contribution in [0.4, 0.5) is 4.39 Å². The Bertz CT molecular complexity index is 698. The Hall–Kier alpha value is -1.57. The summed E-state index contributed by atoms with van der Waals surface area (Å²) in [4.78, 5) is 4.42. The molecule has 103 valence electrons.